The molecule has 0 bridgehead atoms. The van der Waals surface area contributed by atoms with Crippen LogP contribution in [0.5, 0.6) is 0 Å². The van der Waals surface area contributed by atoms with Crippen LogP contribution in [0.15, 0.2) is 53.8 Å². The number of hydrogen-bond acceptors (Lipinski definition) is 3. The van der Waals surface area contributed by atoms with Gasteiger partial charge in [0, 0.05) is 18.4 Å². The summed E-state index contributed by atoms with van der Waals surface area (Å²) in [5, 5.41) is 0.676. The molecule has 0 saturated heterocycles. The molecule has 0 aliphatic heterocycles. The van der Waals surface area contributed by atoms with Gasteiger partial charge in [0.1, 0.15) is 0 Å². The first kappa shape index (κ1) is 13.5. The Bertz CT molecular complexity index is 824. The van der Waals surface area contributed by atoms with Gasteiger partial charge in [0.15, 0.2) is 0 Å². The van der Waals surface area contributed by atoms with Crippen molar-refractivity contribution in [1.29, 1.82) is 0 Å². The summed E-state index contributed by atoms with van der Waals surface area (Å²) in [7, 11) is 0. The first-order valence-electron chi connectivity index (χ1n) is 7.02. The van der Waals surface area contributed by atoms with Gasteiger partial charge in [0.05, 0.1) is 17.2 Å². The predicted molar refractivity (Wildman–Crippen MR) is 83.4 cm³/mol. The predicted octanol–water partition coefficient (Wildman–Crippen LogP) is 2.90. The Morgan fingerprint density at radius 2 is 2.10 bits per heavy atom. The van der Waals surface area contributed by atoms with Crippen LogP contribution >= 0.6 is 0 Å². The number of fused-ring (bicyclic) bond motifs is 1. The lowest BCUT2D eigenvalue weighted by molar-refractivity contribution is 0.522. The van der Waals surface area contributed by atoms with Crippen molar-refractivity contribution in [2.24, 2.45) is 0 Å². The molecule has 1 aromatic carbocycles. The first-order chi connectivity index (χ1) is 10.2. The normalized spacial score (nSPS) is 12.5. The second-order valence-electron chi connectivity index (χ2n) is 5.34. The van der Waals surface area contributed by atoms with E-state index in [0.717, 1.165) is 23.1 Å². The molecular weight excluding hydrogens is 262 g/mol. The van der Waals surface area contributed by atoms with Gasteiger partial charge >= 0.3 is 0 Å². The standard InChI is InChI=1S/C17H17N3O/c1-12-5-3-7-15-16(12)19-11-20(17(15)21)13(2)9-14-6-4-8-18-10-14/h3-8,10-11,13H,9H2,1-2H3. The van der Waals surface area contributed by atoms with Crippen LogP contribution < -0.4 is 5.56 Å². The number of nitrogens with zero attached hydrogens (tertiary/aromatic N) is 3. The van der Waals surface area contributed by atoms with Crippen molar-refractivity contribution in [1.82, 2.24) is 14.5 Å². The Balaban J connectivity index is 2.01. The maximum absolute atomic E-state index is 12.6. The molecule has 0 aliphatic carbocycles. The maximum Gasteiger partial charge on any atom is 0.261 e. The number of rotatable bonds is 3. The van der Waals surface area contributed by atoms with Gasteiger partial charge in [-0.05, 0) is 43.5 Å². The fourth-order valence-electron chi connectivity index (χ4n) is 2.59. The van der Waals surface area contributed by atoms with Crippen molar-refractivity contribution in [3.05, 3.63) is 70.5 Å². The van der Waals surface area contributed by atoms with Crippen LogP contribution in [0.25, 0.3) is 10.9 Å². The van der Waals surface area contributed by atoms with Gasteiger partial charge in [-0.1, -0.05) is 18.2 Å². The lowest BCUT2D eigenvalue weighted by Crippen LogP contribution is -2.25. The average Bonchev–Trinajstić information content (AvgIpc) is 2.49. The highest BCUT2D eigenvalue weighted by Gasteiger charge is 2.11. The first-order valence-corrected chi connectivity index (χ1v) is 7.02. The largest absolute Gasteiger partial charge is 0.296 e. The van der Waals surface area contributed by atoms with Crippen molar-refractivity contribution in [2.75, 3.05) is 0 Å². The molecule has 0 aliphatic rings. The van der Waals surface area contributed by atoms with Gasteiger partial charge in [-0.2, -0.15) is 0 Å². The summed E-state index contributed by atoms with van der Waals surface area (Å²) in [6.07, 6.45) is 5.99. The van der Waals surface area contributed by atoms with Crippen molar-refractivity contribution in [3.8, 4) is 0 Å². The maximum atomic E-state index is 12.6. The minimum absolute atomic E-state index is 0.0140. The lowest BCUT2D eigenvalue weighted by atomic mass is 10.1. The van der Waals surface area contributed by atoms with Crippen LogP contribution in [0.1, 0.15) is 24.1 Å². The third-order valence-corrected chi connectivity index (χ3v) is 3.74. The molecule has 0 N–H and O–H groups in total. The summed E-state index contributed by atoms with van der Waals surface area (Å²) in [6.45, 7) is 4.00. The van der Waals surface area contributed by atoms with E-state index in [0.29, 0.717) is 5.39 Å². The molecule has 106 valence electrons. The van der Waals surface area contributed by atoms with Crippen LogP contribution in [0.2, 0.25) is 0 Å². The van der Waals surface area contributed by atoms with Gasteiger partial charge in [-0.15, -0.1) is 0 Å². The fourth-order valence-corrected chi connectivity index (χ4v) is 2.59. The van der Waals surface area contributed by atoms with Gasteiger partial charge in [0.25, 0.3) is 5.56 Å². The Kier molecular flexibility index (Phi) is 3.52. The molecule has 4 heteroatoms. The van der Waals surface area contributed by atoms with Gasteiger partial charge in [0.2, 0.25) is 0 Å². The molecule has 21 heavy (non-hydrogen) atoms. The molecule has 0 radical (unpaired) electrons. The molecular formula is C17H17N3O. The van der Waals surface area contributed by atoms with Crippen LogP contribution in [-0.4, -0.2) is 14.5 Å². The van der Waals surface area contributed by atoms with E-state index in [9.17, 15) is 4.79 Å². The summed E-state index contributed by atoms with van der Waals surface area (Å²) in [5.74, 6) is 0. The Labute approximate surface area is 123 Å². The third-order valence-electron chi connectivity index (χ3n) is 3.74. The molecule has 2 aromatic heterocycles. The van der Waals surface area contributed by atoms with Crippen molar-refractivity contribution in [3.63, 3.8) is 0 Å². The minimum atomic E-state index is 0.0140. The molecule has 0 fully saturated rings. The van der Waals surface area contributed by atoms with Crippen molar-refractivity contribution in [2.45, 2.75) is 26.3 Å². The van der Waals surface area contributed by atoms with Crippen LogP contribution in [0, 0.1) is 6.92 Å². The van der Waals surface area contributed by atoms with Crippen molar-refractivity contribution >= 4 is 10.9 Å². The Morgan fingerprint density at radius 1 is 1.24 bits per heavy atom. The zero-order valence-electron chi connectivity index (χ0n) is 12.2. The number of aryl methyl sites for hydroxylation is 1. The van der Waals surface area contributed by atoms with Crippen LogP contribution in [-0.2, 0) is 6.42 Å². The number of benzene rings is 1. The number of aromatic nitrogens is 3. The quantitative estimate of drug-likeness (QED) is 0.740. The van der Waals surface area contributed by atoms with Crippen LogP contribution in [0.3, 0.4) is 0 Å². The van der Waals surface area contributed by atoms with E-state index in [1.165, 1.54) is 0 Å². The number of pyridine rings is 1. The van der Waals surface area contributed by atoms with Crippen molar-refractivity contribution < 1.29 is 0 Å². The van der Waals surface area contributed by atoms with Crippen LogP contribution in [0.4, 0.5) is 0 Å². The average molecular weight is 279 g/mol. The second-order valence-corrected chi connectivity index (χ2v) is 5.34. The van der Waals surface area contributed by atoms with Gasteiger partial charge in [-0.3, -0.25) is 14.3 Å². The highest BCUT2D eigenvalue weighted by atomic mass is 16.1. The minimum Gasteiger partial charge on any atom is -0.296 e. The molecule has 2 heterocycles. The van der Waals surface area contributed by atoms with E-state index in [2.05, 4.69) is 9.97 Å². The van der Waals surface area contributed by atoms with E-state index >= 15 is 0 Å². The monoisotopic (exact) mass is 279 g/mol. The molecule has 4 nitrogen and oxygen atoms in total. The van der Waals surface area contributed by atoms with E-state index in [-0.39, 0.29) is 11.6 Å². The molecule has 0 spiro atoms. The fraction of sp³-hybridized carbons (Fsp3) is 0.235. The third kappa shape index (κ3) is 2.57. The van der Waals surface area contributed by atoms with E-state index in [1.54, 1.807) is 17.1 Å². The molecule has 3 aromatic rings. The zero-order chi connectivity index (χ0) is 14.8. The lowest BCUT2D eigenvalue weighted by Gasteiger charge is -2.15. The summed E-state index contributed by atoms with van der Waals surface area (Å²) in [5.41, 5.74) is 2.94. The smallest absolute Gasteiger partial charge is 0.261 e. The number of para-hydroxylation sites is 1. The highest BCUT2D eigenvalue weighted by molar-refractivity contribution is 5.80. The van der Waals surface area contributed by atoms with Gasteiger partial charge in [-0.25, -0.2) is 4.98 Å². The second kappa shape index (κ2) is 5.48. The Hall–Kier alpha value is -2.49. The molecule has 1 atom stereocenters. The topological polar surface area (TPSA) is 47.8 Å². The summed E-state index contributed by atoms with van der Waals surface area (Å²) in [6, 6.07) is 9.68. The summed E-state index contributed by atoms with van der Waals surface area (Å²) < 4.78 is 1.70. The highest BCUT2D eigenvalue weighted by Crippen LogP contribution is 2.15. The number of hydrogen-bond donors (Lipinski definition) is 0. The van der Waals surface area contributed by atoms with E-state index < -0.39 is 0 Å². The summed E-state index contributed by atoms with van der Waals surface area (Å²) in [4.78, 5) is 21.2. The molecule has 0 saturated carbocycles. The summed E-state index contributed by atoms with van der Waals surface area (Å²) >= 11 is 0. The molecule has 3 rings (SSSR count). The van der Waals surface area contributed by atoms with E-state index in [1.807, 2.05) is 50.4 Å². The zero-order valence-corrected chi connectivity index (χ0v) is 12.2. The van der Waals surface area contributed by atoms with E-state index in [4.69, 9.17) is 0 Å². The molecule has 1 unspecified atom stereocenters. The Morgan fingerprint density at radius 3 is 2.86 bits per heavy atom. The molecule has 0 amide bonds. The van der Waals surface area contributed by atoms with Gasteiger partial charge < -0.3 is 0 Å². The SMILES string of the molecule is Cc1cccc2c(=O)n(C(C)Cc3cccnc3)cnc12.